The molecule has 17 heavy (non-hydrogen) atoms. The van der Waals surface area contributed by atoms with Gasteiger partial charge in [0.15, 0.2) is 0 Å². The third-order valence-corrected chi connectivity index (χ3v) is 5.49. The summed E-state index contributed by atoms with van der Waals surface area (Å²) >= 11 is 1.81. The fraction of sp³-hybridized carbons (Fsp3) is 0.786. The Morgan fingerprint density at radius 1 is 1.41 bits per heavy atom. The number of thiazole rings is 1. The summed E-state index contributed by atoms with van der Waals surface area (Å²) in [6, 6.07) is 0. The van der Waals surface area contributed by atoms with Crippen molar-refractivity contribution in [2.75, 3.05) is 0 Å². The van der Waals surface area contributed by atoms with Crippen LogP contribution < -0.4 is 5.73 Å². The van der Waals surface area contributed by atoms with Gasteiger partial charge in [0.2, 0.25) is 0 Å². The zero-order chi connectivity index (χ0) is 12.6. The first-order chi connectivity index (χ1) is 7.97. The first kappa shape index (κ1) is 13.0. The van der Waals surface area contributed by atoms with E-state index in [9.17, 15) is 0 Å². The van der Waals surface area contributed by atoms with Crippen molar-refractivity contribution in [1.82, 2.24) is 4.98 Å². The molecule has 0 spiro atoms. The third kappa shape index (κ3) is 2.27. The molecule has 0 aromatic carbocycles. The van der Waals surface area contributed by atoms with Gasteiger partial charge in [-0.05, 0) is 38.0 Å². The van der Waals surface area contributed by atoms with Crippen LogP contribution >= 0.6 is 11.3 Å². The van der Waals surface area contributed by atoms with E-state index in [0.29, 0.717) is 5.92 Å². The lowest BCUT2D eigenvalue weighted by Crippen LogP contribution is -2.47. The van der Waals surface area contributed by atoms with Crippen molar-refractivity contribution >= 4 is 11.3 Å². The maximum atomic E-state index is 6.70. The second-order valence-corrected chi connectivity index (χ2v) is 6.91. The third-order valence-electron chi connectivity index (χ3n) is 4.28. The number of aryl methyl sites for hydroxylation is 2. The highest BCUT2D eigenvalue weighted by molar-refractivity contribution is 7.11. The van der Waals surface area contributed by atoms with Gasteiger partial charge in [0.25, 0.3) is 0 Å². The van der Waals surface area contributed by atoms with Gasteiger partial charge < -0.3 is 5.73 Å². The van der Waals surface area contributed by atoms with E-state index in [1.54, 1.807) is 0 Å². The molecular formula is C14H24N2S. The van der Waals surface area contributed by atoms with Gasteiger partial charge in [0, 0.05) is 4.88 Å². The van der Waals surface area contributed by atoms with Crippen molar-refractivity contribution in [2.24, 2.45) is 17.6 Å². The molecule has 1 saturated carbocycles. The lowest BCUT2D eigenvalue weighted by molar-refractivity contribution is 0.161. The normalized spacial score (nSPS) is 33.9. The minimum atomic E-state index is -0.180. The van der Waals surface area contributed by atoms with E-state index in [4.69, 9.17) is 10.7 Å². The molecule has 1 aromatic rings. The Hall–Kier alpha value is -0.410. The molecule has 0 bridgehead atoms. The molecular weight excluding hydrogens is 228 g/mol. The predicted molar refractivity (Wildman–Crippen MR) is 74.3 cm³/mol. The van der Waals surface area contributed by atoms with Crippen LogP contribution in [0.2, 0.25) is 0 Å². The Labute approximate surface area is 109 Å². The summed E-state index contributed by atoms with van der Waals surface area (Å²) in [4.78, 5) is 6.15. The van der Waals surface area contributed by atoms with Gasteiger partial charge in [-0.15, -0.1) is 11.3 Å². The highest BCUT2D eigenvalue weighted by atomic mass is 32.1. The number of aromatic nitrogens is 1. The summed E-state index contributed by atoms with van der Waals surface area (Å²) in [5.74, 6) is 1.28. The monoisotopic (exact) mass is 252 g/mol. The maximum Gasteiger partial charge on any atom is 0.113 e. The first-order valence-electron chi connectivity index (χ1n) is 6.73. The van der Waals surface area contributed by atoms with Crippen LogP contribution in [-0.2, 0) is 12.0 Å². The highest BCUT2D eigenvalue weighted by Gasteiger charge is 2.41. The SMILES string of the molecule is CCc1nc(C2(N)CC(C)CCC2C)sc1C. The summed E-state index contributed by atoms with van der Waals surface area (Å²) in [5, 5.41) is 1.17. The number of nitrogens with two attached hydrogens (primary N) is 1. The number of hydrogen-bond donors (Lipinski definition) is 1. The van der Waals surface area contributed by atoms with E-state index in [-0.39, 0.29) is 5.54 Å². The molecule has 1 aliphatic rings. The van der Waals surface area contributed by atoms with Gasteiger partial charge >= 0.3 is 0 Å². The zero-order valence-corrected chi connectivity index (χ0v) is 12.2. The van der Waals surface area contributed by atoms with Crippen LogP contribution in [-0.4, -0.2) is 4.98 Å². The summed E-state index contributed by atoms with van der Waals surface area (Å²) < 4.78 is 0. The highest BCUT2D eigenvalue weighted by Crippen LogP contribution is 2.43. The van der Waals surface area contributed by atoms with Crippen molar-refractivity contribution in [3.05, 3.63) is 15.6 Å². The smallest absolute Gasteiger partial charge is 0.113 e. The van der Waals surface area contributed by atoms with Crippen LogP contribution in [0.1, 0.15) is 55.6 Å². The maximum absolute atomic E-state index is 6.70. The molecule has 1 aliphatic carbocycles. The van der Waals surface area contributed by atoms with Gasteiger partial charge in [-0.25, -0.2) is 4.98 Å². The van der Waals surface area contributed by atoms with Crippen LogP contribution in [0.4, 0.5) is 0 Å². The molecule has 0 amide bonds. The number of rotatable bonds is 2. The van der Waals surface area contributed by atoms with Gasteiger partial charge in [-0.1, -0.05) is 27.2 Å². The largest absolute Gasteiger partial charge is 0.319 e. The minimum absolute atomic E-state index is 0.180. The van der Waals surface area contributed by atoms with E-state index in [1.165, 1.54) is 28.4 Å². The Morgan fingerprint density at radius 3 is 2.71 bits per heavy atom. The standard InChI is InChI=1S/C14H24N2S/c1-5-12-11(4)17-13(16-12)14(15)8-9(2)6-7-10(14)3/h9-10H,5-8,15H2,1-4H3. The average molecular weight is 252 g/mol. The Kier molecular flexibility index (Phi) is 3.60. The fourth-order valence-corrected chi connectivity index (χ4v) is 4.15. The van der Waals surface area contributed by atoms with Crippen molar-refractivity contribution in [3.8, 4) is 0 Å². The van der Waals surface area contributed by atoms with Gasteiger partial charge in [-0.2, -0.15) is 0 Å². The predicted octanol–water partition coefficient (Wildman–Crippen LogP) is 3.62. The number of hydrogen-bond acceptors (Lipinski definition) is 3. The van der Waals surface area contributed by atoms with Crippen LogP contribution in [0, 0.1) is 18.8 Å². The summed E-state index contributed by atoms with van der Waals surface area (Å²) in [5.41, 5.74) is 7.76. The molecule has 3 heteroatoms. The minimum Gasteiger partial charge on any atom is -0.319 e. The van der Waals surface area contributed by atoms with Crippen LogP contribution in [0.3, 0.4) is 0 Å². The van der Waals surface area contributed by atoms with Crippen molar-refractivity contribution in [2.45, 2.75) is 58.9 Å². The quantitative estimate of drug-likeness (QED) is 0.873. The van der Waals surface area contributed by atoms with Crippen molar-refractivity contribution in [3.63, 3.8) is 0 Å². The van der Waals surface area contributed by atoms with Gasteiger partial charge in [0.1, 0.15) is 5.01 Å². The summed E-state index contributed by atoms with van der Waals surface area (Å²) in [7, 11) is 0. The van der Waals surface area contributed by atoms with E-state index < -0.39 is 0 Å². The molecule has 1 heterocycles. The average Bonchev–Trinajstić information content (AvgIpc) is 2.66. The summed E-state index contributed by atoms with van der Waals surface area (Å²) in [6.07, 6.45) is 4.65. The molecule has 0 aliphatic heterocycles. The van der Waals surface area contributed by atoms with Gasteiger partial charge in [-0.3, -0.25) is 0 Å². The van der Waals surface area contributed by atoms with Crippen LogP contribution in [0.15, 0.2) is 0 Å². The first-order valence-corrected chi connectivity index (χ1v) is 7.54. The topological polar surface area (TPSA) is 38.9 Å². The molecule has 2 nitrogen and oxygen atoms in total. The molecule has 96 valence electrons. The Balaban J connectivity index is 2.34. The van der Waals surface area contributed by atoms with E-state index in [1.807, 2.05) is 11.3 Å². The van der Waals surface area contributed by atoms with Gasteiger partial charge in [0.05, 0.1) is 11.2 Å². The van der Waals surface area contributed by atoms with E-state index in [2.05, 4.69) is 27.7 Å². The second-order valence-electron chi connectivity index (χ2n) is 5.70. The molecule has 1 fully saturated rings. The number of nitrogens with zero attached hydrogens (tertiary/aromatic N) is 1. The van der Waals surface area contributed by atoms with E-state index >= 15 is 0 Å². The molecule has 0 saturated heterocycles. The second kappa shape index (κ2) is 4.69. The van der Waals surface area contributed by atoms with E-state index in [0.717, 1.165) is 18.8 Å². The molecule has 1 aromatic heterocycles. The molecule has 0 radical (unpaired) electrons. The molecule has 2 rings (SSSR count). The Morgan fingerprint density at radius 2 is 2.12 bits per heavy atom. The van der Waals surface area contributed by atoms with Crippen molar-refractivity contribution in [1.29, 1.82) is 0 Å². The van der Waals surface area contributed by atoms with Crippen LogP contribution in [0.5, 0.6) is 0 Å². The molecule has 3 atom stereocenters. The van der Waals surface area contributed by atoms with Crippen LogP contribution in [0.25, 0.3) is 0 Å². The summed E-state index contributed by atoms with van der Waals surface area (Å²) in [6.45, 7) is 8.94. The fourth-order valence-electron chi connectivity index (χ4n) is 2.93. The lowest BCUT2D eigenvalue weighted by Gasteiger charge is -2.40. The Bertz CT molecular complexity index is 399. The van der Waals surface area contributed by atoms with Crippen molar-refractivity contribution < 1.29 is 0 Å². The lowest BCUT2D eigenvalue weighted by atomic mass is 9.70. The zero-order valence-electron chi connectivity index (χ0n) is 11.4. The molecule has 3 unspecified atom stereocenters. The molecule has 2 N–H and O–H groups in total.